The first-order chi connectivity index (χ1) is 11.5. The van der Waals surface area contributed by atoms with Crippen LogP contribution in [0, 0.1) is 17.0 Å². The molecular weight excluding hydrogens is 378 g/mol. The number of hydrogen-bond donors (Lipinski definition) is 1. The summed E-state index contributed by atoms with van der Waals surface area (Å²) in [5, 5.41) is 17.2. The highest BCUT2D eigenvalue weighted by atomic mass is 79.9. The van der Waals surface area contributed by atoms with Crippen molar-refractivity contribution in [2.24, 2.45) is 5.16 Å². The van der Waals surface area contributed by atoms with Gasteiger partial charge in [0, 0.05) is 16.2 Å². The maximum absolute atomic E-state index is 11.8. The van der Waals surface area contributed by atoms with Crippen LogP contribution in [0.3, 0.4) is 0 Å². The summed E-state index contributed by atoms with van der Waals surface area (Å²) in [6.45, 7) is 1.57. The lowest BCUT2D eigenvalue weighted by atomic mass is 10.2. The number of nitrogens with one attached hydrogen (secondary N) is 1. The second kappa shape index (κ2) is 8.21. The lowest BCUT2D eigenvalue weighted by Crippen LogP contribution is -2.17. The molecule has 0 saturated heterocycles. The van der Waals surface area contributed by atoms with Gasteiger partial charge < -0.3 is 10.2 Å². The van der Waals surface area contributed by atoms with E-state index in [1.807, 2.05) is 19.1 Å². The number of nitro groups is 1. The van der Waals surface area contributed by atoms with E-state index in [-0.39, 0.29) is 18.2 Å². The van der Waals surface area contributed by atoms with Crippen molar-refractivity contribution in [3.8, 4) is 0 Å². The van der Waals surface area contributed by atoms with Crippen LogP contribution in [-0.4, -0.2) is 23.7 Å². The van der Waals surface area contributed by atoms with Crippen molar-refractivity contribution in [3.05, 3.63) is 68.2 Å². The fraction of sp³-hybridized carbons (Fsp3) is 0.125. The van der Waals surface area contributed by atoms with E-state index in [2.05, 4.69) is 26.4 Å². The molecule has 0 atom stereocenters. The lowest BCUT2D eigenvalue weighted by molar-refractivity contribution is -0.385. The van der Waals surface area contributed by atoms with E-state index in [9.17, 15) is 14.9 Å². The van der Waals surface area contributed by atoms with Crippen LogP contribution in [0.1, 0.15) is 11.1 Å². The van der Waals surface area contributed by atoms with E-state index < -0.39 is 4.92 Å². The molecule has 7 nitrogen and oxygen atoms in total. The van der Waals surface area contributed by atoms with Gasteiger partial charge in [0.25, 0.3) is 11.6 Å². The Morgan fingerprint density at radius 3 is 2.83 bits per heavy atom. The number of halogens is 1. The summed E-state index contributed by atoms with van der Waals surface area (Å²) >= 11 is 3.35. The molecular formula is C16H14BrN3O4. The number of carbonyl (C=O) groups excluding carboxylic acids is 1. The van der Waals surface area contributed by atoms with E-state index in [1.165, 1.54) is 18.3 Å². The summed E-state index contributed by atoms with van der Waals surface area (Å²) in [7, 11) is 0. The van der Waals surface area contributed by atoms with Crippen LogP contribution < -0.4 is 5.32 Å². The minimum absolute atomic E-state index is 0.0835. The first-order valence-corrected chi connectivity index (χ1v) is 7.71. The second-order valence-electron chi connectivity index (χ2n) is 4.83. The molecule has 8 heteroatoms. The molecule has 0 bridgehead atoms. The topological polar surface area (TPSA) is 93.8 Å². The van der Waals surface area contributed by atoms with Crippen molar-refractivity contribution in [2.75, 3.05) is 11.9 Å². The highest BCUT2D eigenvalue weighted by molar-refractivity contribution is 9.10. The smallest absolute Gasteiger partial charge is 0.278 e. The van der Waals surface area contributed by atoms with Crippen molar-refractivity contribution in [2.45, 2.75) is 6.92 Å². The van der Waals surface area contributed by atoms with E-state index in [0.29, 0.717) is 11.3 Å². The fourth-order valence-electron chi connectivity index (χ4n) is 1.91. The number of amides is 1. The third-order valence-electron chi connectivity index (χ3n) is 3.06. The minimum Gasteiger partial charge on any atom is -0.386 e. The molecule has 0 aromatic heterocycles. The number of anilines is 1. The predicted molar refractivity (Wildman–Crippen MR) is 94.2 cm³/mol. The Labute approximate surface area is 146 Å². The van der Waals surface area contributed by atoms with Gasteiger partial charge in [-0.25, -0.2) is 0 Å². The summed E-state index contributed by atoms with van der Waals surface area (Å²) in [6, 6.07) is 11.6. The SMILES string of the molecule is Cc1cc(Br)ccc1NC(=O)CO/N=C/c1ccccc1[N+](=O)[O-]. The third-order valence-corrected chi connectivity index (χ3v) is 3.55. The van der Waals surface area contributed by atoms with Crippen molar-refractivity contribution in [1.29, 1.82) is 0 Å². The van der Waals surface area contributed by atoms with Gasteiger partial charge in [-0.2, -0.15) is 0 Å². The summed E-state index contributed by atoms with van der Waals surface area (Å²) in [5.74, 6) is -0.375. The van der Waals surface area contributed by atoms with Gasteiger partial charge in [-0.05, 0) is 36.8 Å². The maximum Gasteiger partial charge on any atom is 0.278 e. The molecule has 0 aliphatic heterocycles. The van der Waals surface area contributed by atoms with Crippen molar-refractivity contribution >= 4 is 39.4 Å². The van der Waals surface area contributed by atoms with Gasteiger partial charge in [0.05, 0.1) is 16.7 Å². The molecule has 0 radical (unpaired) electrons. The van der Waals surface area contributed by atoms with E-state index in [4.69, 9.17) is 4.84 Å². The molecule has 2 aromatic rings. The van der Waals surface area contributed by atoms with Gasteiger partial charge in [0.1, 0.15) is 0 Å². The highest BCUT2D eigenvalue weighted by Gasteiger charge is 2.10. The number of para-hydroxylation sites is 1. The van der Waals surface area contributed by atoms with E-state index >= 15 is 0 Å². The van der Waals surface area contributed by atoms with Crippen LogP contribution in [0.2, 0.25) is 0 Å². The molecule has 1 N–H and O–H groups in total. The molecule has 2 aromatic carbocycles. The molecule has 0 heterocycles. The summed E-state index contributed by atoms with van der Waals surface area (Å²) < 4.78 is 0.920. The Bertz CT molecular complexity index is 793. The van der Waals surface area contributed by atoms with Crippen LogP contribution in [0.25, 0.3) is 0 Å². The molecule has 2 rings (SSSR count). The average molecular weight is 392 g/mol. The Morgan fingerprint density at radius 2 is 2.12 bits per heavy atom. The largest absolute Gasteiger partial charge is 0.386 e. The van der Waals surface area contributed by atoms with Crippen LogP contribution >= 0.6 is 15.9 Å². The number of oxime groups is 1. The normalized spacial score (nSPS) is 10.6. The first-order valence-electron chi connectivity index (χ1n) is 6.92. The summed E-state index contributed by atoms with van der Waals surface area (Å²) in [5.41, 5.74) is 1.79. The second-order valence-corrected chi connectivity index (χ2v) is 5.75. The molecule has 24 heavy (non-hydrogen) atoms. The van der Waals surface area contributed by atoms with Gasteiger partial charge in [0.2, 0.25) is 0 Å². The predicted octanol–water partition coefficient (Wildman–Crippen LogP) is 3.65. The van der Waals surface area contributed by atoms with Gasteiger partial charge in [-0.15, -0.1) is 0 Å². The number of aryl methyl sites for hydroxylation is 1. The Hall–Kier alpha value is -2.74. The number of nitro benzene ring substituents is 1. The zero-order valence-electron chi connectivity index (χ0n) is 12.7. The molecule has 0 saturated carbocycles. The Kier molecular flexibility index (Phi) is 6.02. The van der Waals surface area contributed by atoms with Crippen molar-refractivity contribution in [1.82, 2.24) is 0 Å². The monoisotopic (exact) mass is 391 g/mol. The minimum atomic E-state index is -0.510. The average Bonchev–Trinajstić information content (AvgIpc) is 2.54. The third kappa shape index (κ3) is 4.88. The molecule has 1 amide bonds. The van der Waals surface area contributed by atoms with Crippen LogP contribution in [0.4, 0.5) is 11.4 Å². The Balaban J connectivity index is 1.90. The molecule has 0 aliphatic carbocycles. The van der Waals surface area contributed by atoms with Gasteiger partial charge in [0.15, 0.2) is 6.61 Å². The van der Waals surface area contributed by atoms with Gasteiger partial charge in [-0.1, -0.05) is 33.2 Å². The molecule has 0 aliphatic rings. The standard InChI is InChI=1S/C16H14BrN3O4/c1-11-8-13(17)6-7-14(11)19-16(21)10-24-18-9-12-4-2-3-5-15(12)20(22)23/h2-9H,10H2,1H3,(H,19,21)/b18-9+. The zero-order valence-corrected chi connectivity index (χ0v) is 14.3. The number of benzene rings is 2. The first kappa shape index (κ1) is 17.6. The van der Waals surface area contributed by atoms with E-state index in [0.717, 1.165) is 10.0 Å². The van der Waals surface area contributed by atoms with Crippen LogP contribution in [-0.2, 0) is 9.63 Å². The van der Waals surface area contributed by atoms with Crippen molar-refractivity contribution in [3.63, 3.8) is 0 Å². The molecule has 0 spiro atoms. The highest BCUT2D eigenvalue weighted by Crippen LogP contribution is 2.20. The quantitative estimate of drug-likeness (QED) is 0.461. The van der Waals surface area contributed by atoms with Gasteiger partial charge in [-0.3, -0.25) is 14.9 Å². The molecule has 0 unspecified atom stereocenters. The summed E-state index contributed by atoms with van der Waals surface area (Å²) in [6.07, 6.45) is 1.20. The van der Waals surface area contributed by atoms with Crippen molar-refractivity contribution < 1.29 is 14.6 Å². The zero-order chi connectivity index (χ0) is 17.5. The lowest BCUT2D eigenvalue weighted by Gasteiger charge is -2.07. The number of nitrogens with zero attached hydrogens (tertiary/aromatic N) is 2. The number of rotatable bonds is 6. The van der Waals surface area contributed by atoms with Crippen LogP contribution in [0.15, 0.2) is 52.1 Å². The van der Waals surface area contributed by atoms with Gasteiger partial charge >= 0.3 is 0 Å². The molecule has 124 valence electrons. The molecule has 0 fully saturated rings. The van der Waals surface area contributed by atoms with Crippen LogP contribution in [0.5, 0.6) is 0 Å². The summed E-state index contributed by atoms with van der Waals surface area (Å²) in [4.78, 5) is 27.0. The Morgan fingerprint density at radius 1 is 1.38 bits per heavy atom. The number of hydrogen-bond acceptors (Lipinski definition) is 5. The van der Waals surface area contributed by atoms with E-state index in [1.54, 1.807) is 18.2 Å². The number of carbonyl (C=O) groups is 1. The maximum atomic E-state index is 11.8. The fourth-order valence-corrected chi connectivity index (χ4v) is 2.38.